The van der Waals surface area contributed by atoms with Crippen LogP contribution in [0.25, 0.3) is 0 Å². The minimum Gasteiger partial charge on any atom is -0.445 e. The maximum Gasteiger partial charge on any atom is 0.782 e. The fourth-order valence-electron chi connectivity index (χ4n) is 1.77. The van der Waals surface area contributed by atoms with Gasteiger partial charge in [-0.3, -0.25) is 4.74 Å². The Kier molecular flexibility index (Phi) is 9.89. The summed E-state index contributed by atoms with van der Waals surface area (Å²) in [5, 5.41) is 0. The van der Waals surface area contributed by atoms with Crippen molar-refractivity contribution in [2.45, 2.75) is 54.3 Å². The Labute approximate surface area is 211 Å². The molecule has 0 radical (unpaired) electrons. The molecule has 248 valence electrons. The first-order valence-corrected chi connectivity index (χ1v) is 10.1. The lowest BCUT2D eigenvalue weighted by Gasteiger charge is -2.43. The smallest absolute Gasteiger partial charge is 0.445 e. The van der Waals surface area contributed by atoms with Crippen molar-refractivity contribution in [1.82, 2.24) is 0 Å². The summed E-state index contributed by atoms with van der Waals surface area (Å²) >= 11 is 0. The van der Waals surface area contributed by atoms with Gasteiger partial charge in [-0.25, -0.2) is 14.4 Å². The third kappa shape index (κ3) is 7.33. The van der Waals surface area contributed by atoms with Gasteiger partial charge in [0.2, 0.25) is 0 Å². The topological polar surface area (TPSA) is 88.1 Å². The van der Waals surface area contributed by atoms with Crippen molar-refractivity contribution < 1.29 is 129 Å². The molecule has 7 nitrogen and oxygen atoms in total. The van der Waals surface area contributed by atoms with E-state index < -0.39 is 81.0 Å². The molecule has 0 aliphatic rings. The van der Waals surface area contributed by atoms with Crippen molar-refractivity contribution in [2.75, 3.05) is 0 Å². The average Bonchev–Trinajstić information content (AvgIpc) is 2.68. The molecule has 0 spiro atoms. The highest BCUT2D eigenvalue weighted by Gasteiger charge is 2.95. The van der Waals surface area contributed by atoms with Crippen molar-refractivity contribution in [3.05, 3.63) is 0 Å². The number of halogens is 22. The summed E-state index contributed by atoms with van der Waals surface area (Å²) in [6.07, 6.45) is -47.0. The van der Waals surface area contributed by atoms with Crippen LogP contribution in [0.1, 0.15) is 0 Å². The number of ether oxygens (including phenoxy) is 1. The summed E-state index contributed by atoms with van der Waals surface area (Å²) in [7, 11) is -10.4. The van der Waals surface area contributed by atoms with E-state index in [1.807, 2.05) is 0 Å². The number of rotatable bonds is 7. The molecule has 0 bridgehead atoms. The summed E-state index contributed by atoms with van der Waals surface area (Å²) in [6.45, 7) is 0. The predicted octanol–water partition coefficient (Wildman–Crippen LogP) is 5.45. The third-order valence-electron chi connectivity index (χ3n) is 3.54. The van der Waals surface area contributed by atoms with Crippen LogP contribution in [0, 0.1) is 0 Å². The van der Waals surface area contributed by atoms with Crippen molar-refractivity contribution in [1.29, 1.82) is 0 Å². The van der Waals surface area contributed by atoms with E-state index in [0.717, 1.165) is 0 Å². The Morgan fingerprint density at radius 3 is 0.810 bits per heavy atom. The number of carbonyl (C=O) groups is 3. The van der Waals surface area contributed by atoms with Crippen molar-refractivity contribution in [3.8, 4) is 0 Å². The van der Waals surface area contributed by atoms with Gasteiger partial charge in [-0.05, 0) is 0 Å². The maximum atomic E-state index is 15.4. The van der Waals surface area contributed by atoms with E-state index in [1.54, 1.807) is 0 Å². The van der Waals surface area contributed by atoms with Crippen LogP contribution >= 0.6 is 0 Å². The van der Waals surface area contributed by atoms with Gasteiger partial charge in [-0.1, -0.05) is 0 Å². The van der Waals surface area contributed by atoms with Crippen molar-refractivity contribution in [2.24, 2.45) is 0 Å². The van der Waals surface area contributed by atoms with E-state index in [0.29, 0.717) is 0 Å². The monoisotopic (exact) mass is 702 g/mol. The number of hydrogen-bond acceptors (Lipinski definition) is 7. The lowest BCUT2D eigenvalue weighted by molar-refractivity contribution is -0.486. The second-order valence-corrected chi connectivity index (χ2v) is 8.95. The zero-order chi connectivity index (χ0) is 34.6. The van der Waals surface area contributed by atoms with Crippen LogP contribution in [0.3, 0.4) is 0 Å². The first-order valence-electron chi connectivity index (χ1n) is 8.40. The molecule has 0 N–H and O–H groups in total. The number of hydrogen-bond donors (Lipinski definition) is 0. The van der Waals surface area contributed by atoms with Crippen LogP contribution in [0.15, 0.2) is 0 Å². The highest BCUT2D eigenvalue weighted by atomic mass is 28.4. The number of alkyl halides is 22. The molecule has 30 heteroatoms. The fourth-order valence-corrected chi connectivity index (χ4v) is 4.16. The Balaban J connectivity index is 8.52. The molecule has 0 saturated heterocycles. The van der Waals surface area contributed by atoms with Crippen LogP contribution in [0.4, 0.5) is 96.6 Å². The van der Waals surface area contributed by atoms with E-state index in [2.05, 4.69) is 13.3 Å². The summed E-state index contributed by atoms with van der Waals surface area (Å²) in [5.74, 6) is -32.5. The van der Waals surface area contributed by atoms with E-state index in [9.17, 15) is 107 Å². The lowest BCUT2D eigenvalue weighted by atomic mass is 10.2. The van der Waals surface area contributed by atoms with Gasteiger partial charge in [0.1, 0.15) is 0 Å². The molecule has 0 amide bonds. The van der Waals surface area contributed by atoms with E-state index in [-0.39, 0.29) is 0 Å². The molecule has 0 aliphatic heterocycles. The van der Waals surface area contributed by atoms with E-state index in [1.165, 1.54) is 4.74 Å². The standard InChI is InChI=1S/C12F22O7Si/c13-4(14,15)1(35)38-42(39-2(36)5(16,17)18,40-3(37)6(19,20)21)12(34,7(22,23)9(25,26)27)41-8(24,10(28,29)30)11(31,32)33. The van der Waals surface area contributed by atoms with Crippen LogP contribution in [-0.4, -0.2) is 81.0 Å². The molecule has 0 heterocycles. The summed E-state index contributed by atoms with van der Waals surface area (Å²) < 4.78 is 294. The zero-order valence-electron chi connectivity index (χ0n) is 17.7. The van der Waals surface area contributed by atoms with Crippen molar-refractivity contribution >= 4 is 26.7 Å². The Bertz CT molecular complexity index is 948. The van der Waals surface area contributed by atoms with Gasteiger partial charge < -0.3 is 13.3 Å². The Hall–Kier alpha value is -2.95. The quantitative estimate of drug-likeness (QED) is 0.258. The van der Waals surface area contributed by atoms with Crippen molar-refractivity contribution in [3.63, 3.8) is 0 Å². The molecule has 1 unspecified atom stereocenters. The van der Waals surface area contributed by atoms with Gasteiger partial charge in [0.05, 0.1) is 0 Å². The molecule has 42 heavy (non-hydrogen) atoms. The minimum atomic E-state index is -10.4. The second kappa shape index (κ2) is 10.6. The predicted molar refractivity (Wildman–Crippen MR) is 74.1 cm³/mol. The summed E-state index contributed by atoms with van der Waals surface area (Å²) in [6, 6.07) is 0. The summed E-state index contributed by atoms with van der Waals surface area (Å²) in [5.41, 5.74) is -8.87. The van der Waals surface area contributed by atoms with E-state index in [4.69, 9.17) is 0 Å². The lowest BCUT2D eigenvalue weighted by Crippen LogP contribution is -2.79. The second-order valence-electron chi connectivity index (χ2n) is 6.58. The molecule has 0 aromatic heterocycles. The average molecular weight is 702 g/mol. The molecule has 0 aliphatic carbocycles. The first-order chi connectivity index (χ1) is 17.8. The largest absolute Gasteiger partial charge is 0.782 e. The normalized spacial score (nSPS) is 16.4. The Morgan fingerprint density at radius 2 is 0.643 bits per heavy atom. The molecule has 0 saturated carbocycles. The number of carbonyl (C=O) groups excluding carboxylic acids is 3. The van der Waals surface area contributed by atoms with Gasteiger partial charge >= 0.3 is 81.0 Å². The van der Waals surface area contributed by atoms with Crippen LogP contribution < -0.4 is 0 Å². The van der Waals surface area contributed by atoms with Gasteiger partial charge in [-0.2, -0.15) is 96.6 Å². The maximum absolute atomic E-state index is 15.4. The molecule has 0 aromatic rings. The van der Waals surface area contributed by atoms with E-state index >= 15 is 4.39 Å². The van der Waals surface area contributed by atoms with Gasteiger partial charge in [0, 0.05) is 0 Å². The fraction of sp³-hybridized carbons (Fsp3) is 0.750. The molecular weight excluding hydrogens is 702 g/mol. The Morgan fingerprint density at radius 1 is 0.405 bits per heavy atom. The molecular formula is C12F22O7Si. The third-order valence-corrected chi connectivity index (χ3v) is 6.11. The minimum absolute atomic E-state index is 1.33. The molecule has 0 fully saturated rings. The van der Waals surface area contributed by atoms with Gasteiger partial charge in [0.15, 0.2) is 0 Å². The molecule has 0 aromatic carbocycles. The summed E-state index contributed by atoms with van der Waals surface area (Å²) in [4.78, 5) is 32.9. The molecule has 0 rings (SSSR count). The van der Waals surface area contributed by atoms with Crippen LogP contribution in [0.2, 0.25) is 0 Å². The SMILES string of the molecule is O=C(O[Si](OC(=O)C(F)(F)F)(OC(=O)C(F)(F)F)C(F)(OC(F)(C(F)(F)F)C(F)(F)F)C(F)(F)C(F)(F)F)C(F)(F)F. The highest BCUT2D eigenvalue weighted by molar-refractivity contribution is 6.68. The van der Waals surface area contributed by atoms with Gasteiger partial charge in [0.25, 0.3) is 0 Å². The van der Waals surface area contributed by atoms with Crippen LogP contribution in [-0.2, 0) is 32.4 Å². The zero-order valence-corrected chi connectivity index (χ0v) is 18.7. The highest BCUT2D eigenvalue weighted by Crippen LogP contribution is 2.58. The van der Waals surface area contributed by atoms with Gasteiger partial charge in [-0.15, -0.1) is 0 Å². The first kappa shape index (κ1) is 39.0. The van der Waals surface area contributed by atoms with Crippen LogP contribution in [0.5, 0.6) is 0 Å². The molecule has 1 atom stereocenters.